The Morgan fingerprint density at radius 2 is 2.26 bits per heavy atom. The van der Waals surface area contributed by atoms with Crippen LogP contribution in [0.25, 0.3) is 0 Å². The van der Waals surface area contributed by atoms with Gasteiger partial charge in [-0.1, -0.05) is 25.0 Å². The number of aromatic carboxylic acids is 1. The van der Waals surface area contributed by atoms with E-state index in [1.54, 1.807) is 4.68 Å². The summed E-state index contributed by atoms with van der Waals surface area (Å²) in [6.07, 6.45) is 8.04. The number of hydrogen-bond donors (Lipinski definition) is 2. The van der Waals surface area contributed by atoms with Gasteiger partial charge in [-0.05, 0) is 24.7 Å². The molecule has 0 spiro atoms. The number of hydrogen-bond acceptors (Lipinski definition) is 4. The topological polar surface area (TPSA) is 80.0 Å². The van der Waals surface area contributed by atoms with Crippen LogP contribution in [0.4, 0.5) is 0 Å². The minimum absolute atomic E-state index is 0.000761. The van der Waals surface area contributed by atoms with Gasteiger partial charge >= 0.3 is 5.97 Å². The van der Waals surface area contributed by atoms with Crippen molar-refractivity contribution in [3.8, 4) is 0 Å². The molecule has 6 nitrogen and oxygen atoms in total. The zero-order valence-corrected chi connectivity index (χ0v) is 11.4. The Kier molecular flexibility index (Phi) is 4.52. The zero-order valence-electron chi connectivity index (χ0n) is 11.4. The molecule has 0 aliphatic heterocycles. The Labute approximate surface area is 113 Å². The van der Waals surface area contributed by atoms with Crippen LogP contribution in [0.5, 0.6) is 0 Å². The second-order valence-corrected chi connectivity index (χ2v) is 5.41. The molecular weight excluding hydrogens is 244 g/mol. The third kappa shape index (κ3) is 3.53. The minimum atomic E-state index is -1.03. The van der Waals surface area contributed by atoms with E-state index in [1.165, 1.54) is 38.3 Å². The van der Waals surface area contributed by atoms with Crippen LogP contribution < -0.4 is 5.32 Å². The Hall–Kier alpha value is -1.43. The summed E-state index contributed by atoms with van der Waals surface area (Å²) < 4.78 is 1.57. The van der Waals surface area contributed by atoms with E-state index in [-0.39, 0.29) is 5.69 Å². The molecule has 1 fully saturated rings. The summed E-state index contributed by atoms with van der Waals surface area (Å²) in [5, 5.41) is 19.6. The maximum Gasteiger partial charge on any atom is 0.358 e. The molecule has 0 unspecified atom stereocenters. The molecule has 106 valence electrons. The number of nitrogens with zero attached hydrogens (tertiary/aromatic N) is 3. The molecule has 2 rings (SSSR count). The smallest absolute Gasteiger partial charge is 0.358 e. The van der Waals surface area contributed by atoms with E-state index in [1.807, 2.05) is 0 Å². The Morgan fingerprint density at radius 1 is 1.53 bits per heavy atom. The third-order valence-corrected chi connectivity index (χ3v) is 4.19. The molecule has 2 N–H and O–H groups in total. The van der Waals surface area contributed by atoms with Gasteiger partial charge in [0.15, 0.2) is 5.69 Å². The van der Waals surface area contributed by atoms with Gasteiger partial charge in [0.25, 0.3) is 0 Å². The summed E-state index contributed by atoms with van der Waals surface area (Å²) in [5.41, 5.74) is 0.482. The van der Waals surface area contributed by atoms with Gasteiger partial charge < -0.3 is 10.4 Å². The van der Waals surface area contributed by atoms with Gasteiger partial charge in [0.2, 0.25) is 0 Å². The van der Waals surface area contributed by atoms with E-state index < -0.39 is 5.97 Å². The maximum atomic E-state index is 10.7. The lowest BCUT2D eigenvalue weighted by molar-refractivity contribution is 0.0690. The van der Waals surface area contributed by atoms with Crippen molar-refractivity contribution in [3.63, 3.8) is 0 Å². The van der Waals surface area contributed by atoms with Gasteiger partial charge in [-0.15, -0.1) is 5.10 Å². The molecule has 0 amide bonds. The summed E-state index contributed by atoms with van der Waals surface area (Å²) in [4.78, 5) is 10.7. The predicted molar refractivity (Wildman–Crippen MR) is 71.0 cm³/mol. The van der Waals surface area contributed by atoms with Crippen molar-refractivity contribution in [1.82, 2.24) is 20.3 Å². The molecule has 1 aromatic rings. The van der Waals surface area contributed by atoms with E-state index in [4.69, 9.17) is 5.11 Å². The number of rotatable bonds is 7. The van der Waals surface area contributed by atoms with Gasteiger partial charge in [-0.3, -0.25) is 4.68 Å². The molecule has 1 aromatic heterocycles. The molecule has 19 heavy (non-hydrogen) atoms. The Balaban J connectivity index is 1.72. The molecule has 0 radical (unpaired) electrons. The first-order valence-corrected chi connectivity index (χ1v) is 6.99. The molecule has 0 atom stereocenters. The van der Waals surface area contributed by atoms with Crippen molar-refractivity contribution in [3.05, 3.63) is 11.9 Å². The second-order valence-electron chi connectivity index (χ2n) is 5.41. The summed E-state index contributed by atoms with van der Waals surface area (Å²) in [5.74, 6) is -1.03. The maximum absolute atomic E-state index is 10.7. The van der Waals surface area contributed by atoms with Crippen LogP contribution in [-0.4, -0.2) is 39.2 Å². The minimum Gasteiger partial charge on any atom is -0.476 e. The van der Waals surface area contributed by atoms with Crippen molar-refractivity contribution in [2.75, 3.05) is 13.1 Å². The molecule has 1 saturated carbocycles. The normalized spacial score (nSPS) is 17.7. The molecular formula is C13H22N4O2. The first-order valence-electron chi connectivity index (χ1n) is 6.99. The van der Waals surface area contributed by atoms with E-state index in [9.17, 15) is 4.79 Å². The Bertz CT molecular complexity index is 424. The number of nitrogens with one attached hydrogen (secondary N) is 1. The number of carboxylic acids is 1. The zero-order chi connectivity index (χ0) is 13.7. The molecule has 0 aromatic carbocycles. The van der Waals surface area contributed by atoms with Crippen LogP contribution in [-0.2, 0) is 6.54 Å². The van der Waals surface area contributed by atoms with Crippen LogP contribution in [0.1, 0.15) is 49.5 Å². The van der Waals surface area contributed by atoms with Crippen molar-refractivity contribution in [1.29, 1.82) is 0 Å². The monoisotopic (exact) mass is 266 g/mol. The number of carboxylic acid groups (broad SMARTS) is 1. The van der Waals surface area contributed by atoms with Gasteiger partial charge in [0.1, 0.15) is 0 Å². The van der Waals surface area contributed by atoms with Gasteiger partial charge in [-0.2, -0.15) is 0 Å². The quantitative estimate of drug-likeness (QED) is 0.732. The van der Waals surface area contributed by atoms with Gasteiger partial charge in [0.05, 0.1) is 12.7 Å². The molecule has 1 aliphatic rings. The molecule has 1 heterocycles. The van der Waals surface area contributed by atoms with Crippen molar-refractivity contribution >= 4 is 5.97 Å². The fourth-order valence-electron chi connectivity index (χ4n) is 2.83. The van der Waals surface area contributed by atoms with Gasteiger partial charge in [-0.25, -0.2) is 4.79 Å². The fraction of sp³-hybridized carbons (Fsp3) is 0.769. The first kappa shape index (κ1) is 14.0. The van der Waals surface area contributed by atoms with Crippen molar-refractivity contribution in [2.24, 2.45) is 5.41 Å². The SMILES string of the molecule is CCC1(CNCCn2cc(C(=O)O)nn2)CCCC1. The summed E-state index contributed by atoms with van der Waals surface area (Å²) in [6.45, 7) is 4.76. The number of aromatic nitrogens is 3. The van der Waals surface area contributed by atoms with E-state index in [0.717, 1.165) is 13.1 Å². The van der Waals surface area contributed by atoms with E-state index in [2.05, 4.69) is 22.6 Å². The van der Waals surface area contributed by atoms with Crippen molar-refractivity contribution in [2.45, 2.75) is 45.6 Å². The molecule has 1 aliphatic carbocycles. The lowest BCUT2D eigenvalue weighted by Crippen LogP contribution is -2.33. The standard InChI is InChI=1S/C13H22N4O2/c1-2-13(5-3-4-6-13)10-14-7-8-17-9-11(12(18)19)15-16-17/h9,14H,2-8,10H2,1H3,(H,18,19). The summed E-state index contributed by atoms with van der Waals surface area (Å²) >= 11 is 0. The second kappa shape index (κ2) is 6.14. The van der Waals surface area contributed by atoms with E-state index in [0.29, 0.717) is 12.0 Å². The Morgan fingerprint density at radius 3 is 2.84 bits per heavy atom. The van der Waals surface area contributed by atoms with Crippen LogP contribution in [0.3, 0.4) is 0 Å². The summed E-state index contributed by atoms with van der Waals surface area (Å²) in [6, 6.07) is 0. The average molecular weight is 266 g/mol. The van der Waals surface area contributed by atoms with Crippen LogP contribution in [0.15, 0.2) is 6.20 Å². The highest BCUT2D eigenvalue weighted by Crippen LogP contribution is 2.40. The molecule has 0 bridgehead atoms. The predicted octanol–water partition coefficient (Wildman–Crippen LogP) is 1.54. The molecule has 0 saturated heterocycles. The molecule has 6 heteroatoms. The fourth-order valence-corrected chi connectivity index (χ4v) is 2.83. The van der Waals surface area contributed by atoms with Crippen molar-refractivity contribution < 1.29 is 9.90 Å². The largest absolute Gasteiger partial charge is 0.476 e. The van der Waals surface area contributed by atoms with Crippen LogP contribution in [0.2, 0.25) is 0 Å². The highest BCUT2D eigenvalue weighted by molar-refractivity contribution is 5.84. The van der Waals surface area contributed by atoms with Crippen LogP contribution in [0, 0.1) is 5.41 Å². The van der Waals surface area contributed by atoms with E-state index >= 15 is 0 Å². The van der Waals surface area contributed by atoms with Crippen LogP contribution >= 0.6 is 0 Å². The number of carbonyl (C=O) groups is 1. The lowest BCUT2D eigenvalue weighted by Gasteiger charge is -2.27. The highest BCUT2D eigenvalue weighted by atomic mass is 16.4. The van der Waals surface area contributed by atoms with Gasteiger partial charge in [0, 0.05) is 13.1 Å². The highest BCUT2D eigenvalue weighted by Gasteiger charge is 2.31. The first-order chi connectivity index (χ1) is 9.15. The lowest BCUT2D eigenvalue weighted by atomic mass is 9.83. The average Bonchev–Trinajstić information content (AvgIpc) is 3.05. The summed E-state index contributed by atoms with van der Waals surface area (Å²) in [7, 11) is 0. The third-order valence-electron chi connectivity index (χ3n) is 4.19.